The zero-order valence-electron chi connectivity index (χ0n) is 11.6. The van der Waals surface area contributed by atoms with Gasteiger partial charge < -0.3 is 20.3 Å². The van der Waals surface area contributed by atoms with Crippen LogP contribution in [0.5, 0.6) is 11.5 Å². The van der Waals surface area contributed by atoms with Gasteiger partial charge >= 0.3 is 0 Å². The molecule has 0 saturated heterocycles. The molecule has 0 bridgehead atoms. The zero-order chi connectivity index (χ0) is 14.5. The first-order valence-corrected chi connectivity index (χ1v) is 6.27. The Morgan fingerprint density at radius 1 is 1.47 bits per heavy atom. The number of amides is 1. The molecule has 106 valence electrons. The molecule has 1 aromatic rings. The summed E-state index contributed by atoms with van der Waals surface area (Å²) in [7, 11) is 1.44. The highest BCUT2D eigenvalue weighted by Crippen LogP contribution is 2.26. The predicted molar refractivity (Wildman–Crippen MR) is 72.5 cm³/mol. The van der Waals surface area contributed by atoms with Crippen LogP contribution in [0.15, 0.2) is 18.2 Å². The van der Waals surface area contributed by atoms with Gasteiger partial charge in [0.05, 0.1) is 12.7 Å². The van der Waals surface area contributed by atoms with Crippen LogP contribution in [-0.2, 0) is 0 Å². The Hall–Kier alpha value is -1.75. The van der Waals surface area contributed by atoms with Gasteiger partial charge in [-0.05, 0) is 31.5 Å². The van der Waals surface area contributed by atoms with Crippen molar-refractivity contribution in [3.8, 4) is 11.5 Å². The van der Waals surface area contributed by atoms with E-state index in [4.69, 9.17) is 4.74 Å². The molecule has 3 N–H and O–H groups in total. The van der Waals surface area contributed by atoms with Crippen molar-refractivity contribution in [1.82, 2.24) is 5.32 Å². The van der Waals surface area contributed by atoms with Crippen LogP contribution in [0.1, 0.15) is 37.0 Å². The van der Waals surface area contributed by atoms with Gasteiger partial charge in [0.15, 0.2) is 11.5 Å². The van der Waals surface area contributed by atoms with Crippen molar-refractivity contribution in [2.24, 2.45) is 0 Å². The van der Waals surface area contributed by atoms with Gasteiger partial charge in [-0.25, -0.2) is 0 Å². The Morgan fingerprint density at radius 2 is 2.16 bits per heavy atom. The molecule has 19 heavy (non-hydrogen) atoms. The maximum atomic E-state index is 11.9. The Labute approximate surface area is 113 Å². The van der Waals surface area contributed by atoms with Crippen LogP contribution >= 0.6 is 0 Å². The number of ether oxygens (including phenoxy) is 1. The summed E-state index contributed by atoms with van der Waals surface area (Å²) in [5.41, 5.74) is -0.593. The molecule has 0 aliphatic carbocycles. The zero-order valence-corrected chi connectivity index (χ0v) is 11.6. The van der Waals surface area contributed by atoms with Crippen molar-refractivity contribution in [3.05, 3.63) is 23.8 Å². The molecule has 1 amide bonds. The maximum absolute atomic E-state index is 11.9. The number of aromatic hydroxyl groups is 1. The molecule has 0 heterocycles. The molecular weight excluding hydrogens is 246 g/mol. The standard InChI is InChI=1S/C14H21NO4/c1-4-7-14(2,18)9-15-13(17)10-5-6-12(19-3)11(16)8-10/h5-6,8,16,18H,4,7,9H2,1-3H3,(H,15,17). The first-order chi connectivity index (χ1) is 8.89. The Balaban J connectivity index is 2.66. The van der Waals surface area contributed by atoms with Gasteiger partial charge in [-0.3, -0.25) is 4.79 Å². The lowest BCUT2D eigenvalue weighted by atomic mass is 10.0. The minimum Gasteiger partial charge on any atom is -0.504 e. The Bertz CT molecular complexity index is 443. The molecular formula is C14H21NO4. The molecule has 0 fully saturated rings. The van der Waals surface area contributed by atoms with E-state index in [-0.39, 0.29) is 18.2 Å². The summed E-state index contributed by atoms with van der Waals surface area (Å²) in [5.74, 6) is -0.112. The first-order valence-electron chi connectivity index (χ1n) is 6.27. The summed E-state index contributed by atoms with van der Waals surface area (Å²) in [5, 5.41) is 22.2. The summed E-state index contributed by atoms with van der Waals surface area (Å²) in [4.78, 5) is 11.9. The van der Waals surface area contributed by atoms with Crippen molar-refractivity contribution in [2.75, 3.05) is 13.7 Å². The molecule has 1 atom stereocenters. The fraction of sp³-hybridized carbons (Fsp3) is 0.500. The number of methoxy groups -OCH3 is 1. The van der Waals surface area contributed by atoms with Crippen LogP contribution in [0.25, 0.3) is 0 Å². The van der Waals surface area contributed by atoms with E-state index >= 15 is 0 Å². The summed E-state index contributed by atoms with van der Waals surface area (Å²) in [6.07, 6.45) is 1.45. The Kier molecular flexibility index (Phi) is 5.18. The monoisotopic (exact) mass is 267 g/mol. The third-order valence-electron chi connectivity index (χ3n) is 2.86. The predicted octanol–water partition coefficient (Wildman–Crippen LogP) is 1.68. The first kappa shape index (κ1) is 15.3. The summed E-state index contributed by atoms with van der Waals surface area (Å²) < 4.78 is 4.90. The molecule has 0 saturated carbocycles. The number of phenols is 1. The van der Waals surface area contributed by atoms with Gasteiger partial charge in [0, 0.05) is 12.1 Å². The number of rotatable bonds is 6. The molecule has 0 aliphatic heterocycles. The highest BCUT2D eigenvalue weighted by molar-refractivity contribution is 5.94. The van der Waals surface area contributed by atoms with Crippen molar-refractivity contribution in [2.45, 2.75) is 32.3 Å². The van der Waals surface area contributed by atoms with E-state index in [1.165, 1.54) is 19.2 Å². The van der Waals surface area contributed by atoms with E-state index in [9.17, 15) is 15.0 Å². The molecule has 0 spiro atoms. The lowest BCUT2D eigenvalue weighted by Gasteiger charge is -2.22. The van der Waals surface area contributed by atoms with Crippen LogP contribution in [0.3, 0.4) is 0 Å². The third-order valence-corrected chi connectivity index (χ3v) is 2.86. The fourth-order valence-corrected chi connectivity index (χ4v) is 1.83. The lowest BCUT2D eigenvalue weighted by molar-refractivity contribution is 0.0469. The summed E-state index contributed by atoms with van der Waals surface area (Å²) in [6, 6.07) is 4.42. The SMILES string of the molecule is CCCC(C)(O)CNC(=O)c1ccc(OC)c(O)c1. The topological polar surface area (TPSA) is 78.8 Å². The quantitative estimate of drug-likeness (QED) is 0.732. The van der Waals surface area contributed by atoms with Crippen molar-refractivity contribution in [3.63, 3.8) is 0 Å². The summed E-state index contributed by atoms with van der Waals surface area (Å²) in [6.45, 7) is 3.83. The van der Waals surface area contributed by atoms with E-state index < -0.39 is 5.60 Å². The highest BCUT2D eigenvalue weighted by Gasteiger charge is 2.20. The van der Waals surface area contributed by atoms with Crippen molar-refractivity contribution in [1.29, 1.82) is 0 Å². The van der Waals surface area contributed by atoms with Gasteiger partial charge in [-0.1, -0.05) is 13.3 Å². The fourth-order valence-electron chi connectivity index (χ4n) is 1.83. The van der Waals surface area contributed by atoms with Crippen LogP contribution in [0, 0.1) is 0 Å². The normalized spacial score (nSPS) is 13.7. The van der Waals surface area contributed by atoms with Gasteiger partial charge in [0.25, 0.3) is 5.91 Å². The minimum atomic E-state index is -0.918. The number of phenolic OH excluding ortho intramolecular Hbond substituents is 1. The van der Waals surface area contributed by atoms with E-state index in [1.807, 2.05) is 6.92 Å². The van der Waals surface area contributed by atoms with Gasteiger partial charge in [-0.15, -0.1) is 0 Å². The van der Waals surface area contributed by atoms with Gasteiger partial charge in [0.2, 0.25) is 0 Å². The third kappa shape index (κ3) is 4.44. The van der Waals surface area contributed by atoms with Crippen molar-refractivity contribution < 1.29 is 19.7 Å². The number of carbonyl (C=O) groups is 1. The van der Waals surface area contributed by atoms with Crippen LogP contribution < -0.4 is 10.1 Å². The van der Waals surface area contributed by atoms with E-state index in [0.29, 0.717) is 17.7 Å². The Morgan fingerprint density at radius 3 is 2.68 bits per heavy atom. The second-order valence-corrected chi connectivity index (χ2v) is 4.82. The van der Waals surface area contributed by atoms with Crippen LogP contribution in [0.2, 0.25) is 0 Å². The number of carbonyl (C=O) groups excluding carboxylic acids is 1. The minimum absolute atomic E-state index is 0.0875. The smallest absolute Gasteiger partial charge is 0.251 e. The number of aliphatic hydroxyl groups is 1. The average molecular weight is 267 g/mol. The van der Waals surface area contributed by atoms with E-state index in [1.54, 1.807) is 13.0 Å². The molecule has 5 heteroatoms. The van der Waals surface area contributed by atoms with E-state index in [0.717, 1.165) is 6.42 Å². The molecule has 0 radical (unpaired) electrons. The van der Waals surface area contributed by atoms with Gasteiger partial charge in [0.1, 0.15) is 0 Å². The van der Waals surface area contributed by atoms with Crippen LogP contribution in [-0.4, -0.2) is 35.4 Å². The average Bonchev–Trinajstić information content (AvgIpc) is 2.36. The maximum Gasteiger partial charge on any atom is 0.251 e. The molecule has 1 unspecified atom stereocenters. The highest BCUT2D eigenvalue weighted by atomic mass is 16.5. The van der Waals surface area contributed by atoms with Crippen molar-refractivity contribution >= 4 is 5.91 Å². The molecule has 5 nitrogen and oxygen atoms in total. The summed E-state index contributed by atoms with van der Waals surface area (Å²) >= 11 is 0. The second kappa shape index (κ2) is 6.43. The number of hydrogen-bond donors (Lipinski definition) is 3. The number of nitrogens with one attached hydrogen (secondary N) is 1. The van der Waals surface area contributed by atoms with Crippen LogP contribution in [0.4, 0.5) is 0 Å². The second-order valence-electron chi connectivity index (χ2n) is 4.82. The largest absolute Gasteiger partial charge is 0.504 e. The number of hydrogen-bond acceptors (Lipinski definition) is 4. The molecule has 1 aromatic carbocycles. The number of benzene rings is 1. The molecule has 1 rings (SSSR count). The van der Waals surface area contributed by atoms with Gasteiger partial charge in [-0.2, -0.15) is 0 Å². The van der Waals surface area contributed by atoms with E-state index in [2.05, 4.69) is 5.32 Å². The molecule has 0 aromatic heterocycles. The lowest BCUT2D eigenvalue weighted by Crippen LogP contribution is -2.40. The molecule has 0 aliphatic rings.